The zero-order chi connectivity index (χ0) is 18.8. The molecular weight excluding hydrogens is 335 g/mol. The minimum Gasteiger partial charge on any atom is -0.497 e. The molecule has 0 aliphatic carbocycles. The number of rotatable bonds is 4. The van der Waals surface area contributed by atoms with Gasteiger partial charge in [-0.3, -0.25) is 14.5 Å². The van der Waals surface area contributed by atoms with Crippen molar-refractivity contribution in [1.82, 2.24) is 0 Å². The van der Waals surface area contributed by atoms with Crippen LogP contribution in [0.5, 0.6) is 5.75 Å². The number of ether oxygens (including phenoxy) is 1. The van der Waals surface area contributed by atoms with Gasteiger partial charge in [0.2, 0.25) is 5.91 Å². The summed E-state index contributed by atoms with van der Waals surface area (Å²) < 4.78 is 18.9. The van der Waals surface area contributed by atoms with Crippen molar-refractivity contribution in [2.45, 2.75) is 26.3 Å². The van der Waals surface area contributed by atoms with Crippen LogP contribution in [0.15, 0.2) is 42.5 Å². The lowest BCUT2D eigenvalue weighted by Gasteiger charge is -2.41. The number of carbonyl (C=O) groups is 2. The standard InChI is InChI=1S/C20H21FN2O3/c1-4-16-20(25)22(5-2)18-12-14(21)8-11-17(18)23(16)19(24)13-6-9-15(26-3)10-7-13/h6-12,16H,4-5H2,1-3H3/t16-/m1/s1. The Kier molecular flexibility index (Phi) is 4.93. The summed E-state index contributed by atoms with van der Waals surface area (Å²) in [5, 5.41) is 0. The van der Waals surface area contributed by atoms with Gasteiger partial charge in [0, 0.05) is 12.1 Å². The molecule has 2 amide bonds. The van der Waals surface area contributed by atoms with Crippen LogP contribution in [0.4, 0.5) is 15.8 Å². The third kappa shape index (κ3) is 2.92. The molecule has 0 aromatic heterocycles. The van der Waals surface area contributed by atoms with Crippen molar-refractivity contribution in [3.05, 3.63) is 53.8 Å². The van der Waals surface area contributed by atoms with Crippen LogP contribution in [0.25, 0.3) is 0 Å². The molecule has 0 bridgehead atoms. The molecule has 1 aliphatic heterocycles. The quantitative estimate of drug-likeness (QED) is 0.841. The van der Waals surface area contributed by atoms with Gasteiger partial charge < -0.3 is 9.64 Å². The number of methoxy groups -OCH3 is 1. The Bertz CT molecular complexity index is 835. The van der Waals surface area contributed by atoms with Crippen LogP contribution in [0.1, 0.15) is 30.6 Å². The van der Waals surface area contributed by atoms with E-state index in [1.807, 2.05) is 13.8 Å². The van der Waals surface area contributed by atoms with Crippen LogP contribution < -0.4 is 14.5 Å². The summed E-state index contributed by atoms with van der Waals surface area (Å²) in [4.78, 5) is 29.1. The first-order chi connectivity index (χ1) is 12.5. The number of benzene rings is 2. The first-order valence-electron chi connectivity index (χ1n) is 8.60. The number of fused-ring (bicyclic) bond motifs is 1. The van der Waals surface area contributed by atoms with Crippen LogP contribution in [0.2, 0.25) is 0 Å². The molecule has 1 heterocycles. The second kappa shape index (κ2) is 7.15. The fraction of sp³-hybridized carbons (Fsp3) is 0.300. The monoisotopic (exact) mass is 356 g/mol. The van der Waals surface area contributed by atoms with E-state index in [0.29, 0.717) is 35.7 Å². The van der Waals surface area contributed by atoms with Crippen molar-refractivity contribution >= 4 is 23.2 Å². The molecule has 26 heavy (non-hydrogen) atoms. The van der Waals surface area contributed by atoms with Gasteiger partial charge in [-0.2, -0.15) is 0 Å². The number of hydrogen-bond donors (Lipinski definition) is 0. The predicted octanol–water partition coefficient (Wildman–Crippen LogP) is 3.63. The van der Waals surface area contributed by atoms with Crippen molar-refractivity contribution in [3.63, 3.8) is 0 Å². The van der Waals surface area contributed by atoms with Gasteiger partial charge in [-0.05, 0) is 55.8 Å². The normalized spacial score (nSPS) is 16.5. The van der Waals surface area contributed by atoms with Crippen molar-refractivity contribution in [2.24, 2.45) is 0 Å². The number of hydrogen-bond acceptors (Lipinski definition) is 3. The molecular formula is C20H21FN2O3. The van der Waals surface area contributed by atoms with Crippen LogP contribution in [0, 0.1) is 5.82 Å². The third-order valence-electron chi connectivity index (χ3n) is 4.61. The lowest BCUT2D eigenvalue weighted by atomic mass is 10.0. The molecule has 2 aromatic carbocycles. The van der Waals surface area contributed by atoms with Crippen LogP contribution in [-0.4, -0.2) is 31.5 Å². The van der Waals surface area contributed by atoms with E-state index in [1.54, 1.807) is 37.4 Å². The lowest BCUT2D eigenvalue weighted by Crippen LogP contribution is -2.55. The van der Waals surface area contributed by atoms with Gasteiger partial charge >= 0.3 is 0 Å². The summed E-state index contributed by atoms with van der Waals surface area (Å²) in [5.74, 6) is -0.295. The van der Waals surface area contributed by atoms with Gasteiger partial charge in [-0.25, -0.2) is 4.39 Å². The first-order valence-corrected chi connectivity index (χ1v) is 8.60. The van der Waals surface area contributed by atoms with Gasteiger partial charge in [0.25, 0.3) is 5.91 Å². The highest BCUT2D eigenvalue weighted by atomic mass is 19.1. The van der Waals surface area contributed by atoms with E-state index in [9.17, 15) is 14.0 Å². The lowest BCUT2D eigenvalue weighted by molar-refractivity contribution is -0.120. The van der Waals surface area contributed by atoms with Crippen LogP contribution in [-0.2, 0) is 4.79 Å². The Morgan fingerprint density at radius 3 is 2.38 bits per heavy atom. The predicted molar refractivity (Wildman–Crippen MR) is 98.3 cm³/mol. The fourth-order valence-corrected chi connectivity index (χ4v) is 3.30. The minimum atomic E-state index is -0.623. The SMILES string of the molecule is CC[C@@H]1C(=O)N(CC)c2cc(F)ccc2N1C(=O)c1ccc(OC)cc1. The topological polar surface area (TPSA) is 49.9 Å². The van der Waals surface area contributed by atoms with Crippen LogP contribution in [0.3, 0.4) is 0 Å². The van der Waals surface area contributed by atoms with Crippen molar-refractivity contribution in [1.29, 1.82) is 0 Å². The molecule has 2 aromatic rings. The molecule has 136 valence electrons. The molecule has 0 fully saturated rings. The van der Waals surface area contributed by atoms with E-state index < -0.39 is 11.9 Å². The Hall–Kier alpha value is -2.89. The van der Waals surface area contributed by atoms with Crippen LogP contribution >= 0.6 is 0 Å². The highest BCUT2D eigenvalue weighted by Crippen LogP contribution is 2.38. The van der Waals surface area contributed by atoms with E-state index in [1.165, 1.54) is 21.9 Å². The number of likely N-dealkylation sites (N-methyl/N-ethyl adjacent to an activating group) is 1. The Morgan fingerprint density at radius 2 is 1.81 bits per heavy atom. The van der Waals surface area contributed by atoms with Crippen molar-refractivity contribution < 1.29 is 18.7 Å². The largest absolute Gasteiger partial charge is 0.497 e. The molecule has 0 saturated carbocycles. The van der Waals surface area contributed by atoms with Gasteiger partial charge in [0.05, 0.1) is 18.5 Å². The second-order valence-corrected chi connectivity index (χ2v) is 6.04. The molecule has 1 atom stereocenters. The van der Waals surface area contributed by atoms with Gasteiger partial charge in [-0.1, -0.05) is 6.92 Å². The molecule has 1 aliphatic rings. The third-order valence-corrected chi connectivity index (χ3v) is 4.61. The van der Waals surface area contributed by atoms with E-state index >= 15 is 0 Å². The number of anilines is 2. The average molecular weight is 356 g/mol. The van der Waals surface area contributed by atoms with Gasteiger partial charge in [0.15, 0.2) is 0 Å². The summed E-state index contributed by atoms with van der Waals surface area (Å²) in [7, 11) is 1.55. The zero-order valence-electron chi connectivity index (χ0n) is 15.0. The molecule has 0 unspecified atom stereocenters. The number of carbonyl (C=O) groups excluding carboxylic acids is 2. The van der Waals surface area contributed by atoms with Crippen molar-refractivity contribution in [2.75, 3.05) is 23.5 Å². The van der Waals surface area contributed by atoms with Crippen molar-refractivity contribution in [3.8, 4) is 5.75 Å². The zero-order valence-corrected chi connectivity index (χ0v) is 15.0. The van der Waals surface area contributed by atoms with E-state index in [4.69, 9.17) is 4.74 Å². The molecule has 0 spiro atoms. The smallest absolute Gasteiger partial charge is 0.259 e. The fourth-order valence-electron chi connectivity index (χ4n) is 3.30. The first kappa shape index (κ1) is 17.9. The maximum absolute atomic E-state index is 13.8. The Morgan fingerprint density at radius 1 is 1.12 bits per heavy atom. The molecule has 3 rings (SSSR count). The number of nitrogens with zero attached hydrogens (tertiary/aromatic N) is 2. The van der Waals surface area contributed by atoms with E-state index in [0.717, 1.165) is 0 Å². The summed E-state index contributed by atoms with van der Waals surface area (Å²) in [6.07, 6.45) is 0.466. The maximum atomic E-state index is 13.8. The highest BCUT2D eigenvalue weighted by Gasteiger charge is 2.40. The summed E-state index contributed by atoms with van der Waals surface area (Å²) in [5.41, 5.74) is 1.40. The molecule has 0 radical (unpaired) electrons. The Labute approximate surface area is 152 Å². The maximum Gasteiger partial charge on any atom is 0.259 e. The summed E-state index contributed by atoms with van der Waals surface area (Å²) >= 11 is 0. The molecule has 0 N–H and O–H groups in total. The summed E-state index contributed by atoms with van der Waals surface area (Å²) in [6.45, 7) is 4.11. The minimum absolute atomic E-state index is 0.199. The summed E-state index contributed by atoms with van der Waals surface area (Å²) in [6, 6.07) is 10.3. The highest BCUT2D eigenvalue weighted by molar-refractivity contribution is 6.17. The van der Waals surface area contributed by atoms with E-state index in [2.05, 4.69) is 0 Å². The number of amides is 2. The Balaban J connectivity index is 2.11. The molecule has 0 saturated heterocycles. The number of halogens is 1. The molecule has 6 heteroatoms. The average Bonchev–Trinajstić information content (AvgIpc) is 2.66. The van der Waals surface area contributed by atoms with Gasteiger partial charge in [0.1, 0.15) is 17.6 Å². The van der Waals surface area contributed by atoms with Gasteiger partial charge in [-0.15, -0.1) is 0 Å². The van der Waals surface area contributed by atoms with E-state index in [-0.39, 0.29) is 11.8 Å². The second-order valence-electron chi connectivity index (χ2n) is 6.04. The molecule has 5 nitrogen and oxygen atoms in total.